The zero-order valence-corrected chi connectivity index (χ0v) is 11.6. The maximum atomic E-state index is 13.0. The minimum Gasteiger partial charge on any atom is -0.166 e. The normalized spacial score (nSPS) is 14.4. The summed E-state index contributed by atoms with van der Waals surface area (Å²) in [5, 5.41) is 0. The molecule has 0 atom stereocenters. The lowest BCUT2D eigenvalue weighted by atomic mass is 9.79. The molecule has 0 heterocycles. The van der Waals surface area contributed by atoms with Crippen molar-refractivity contribution in [2.75, 3.05) is 0 Å². The summed E-state index contributed by atoms with van der Waals surface area (Å²) in [4.78, 5) is 0. The van der Waals surface area contributed by atoms with Crippen LogP contribution in [0.25, 0.3) is 0 Å². The van der Waals surface area contributed by atoms with E-state index in [4.69, 9.17) is 0 Å². The molecule has 0 saturated carbocycles. The zero-order chi connectivity index (χ0) is 17.7. The Morgan fingerprint density at radius 1 is 0.591 bits per heavy atom. The van der Waals surface area contributed by atoms with Crippen molar-refractivity contribution in [1.29, 1.82) is 0 Å². The Bertz CT molecular complexity index is 518. The lowest BCUT2D eigenvalue weighted by Gasteiger charge is -2.29. The molecule has 0 aliphatic rings. The third-order valence-electron chi connectivity index (χ3n) is 2.83. The molecule has 0 saturated heterocycles. The highest BCUT2D eigenvalue weighted by atomic mass is 19.4. The molecule has 0 bridgehead atoms. The van der Waals surface area contributed by atoms with Crippen LogP contribution in [-0.4, -0.2) is 0 Å². The van der Waals surface area contributed by atoms with Crippen LogP contribution in [-0.2, 0) is 23.9 Å². The zero-order valence-electron chi connectivity index (χ0n) is 11.6. The Hall–Kier alpha value is -1.41. The van der Waals surface area contributed by atoms with Gasteiger partial charge < -0.3 is 0 Å². The standard InChI is InChI=1S/C13H11F9/c1-10(2,3)9-7(12(17,18)19)4-6(11(14,15)16)5-8(9)13(20,21)22/h4-5H,1-3H3. The van der Waals surface area contributed by atoms with Gasteiger partial charge in [-0.05, 0) is 23.1 Å². The molecule has 1 rings (SSSR count). The summed E-state index contributed by atoms with van der Waals surface area (Å²) in [5.74, 6) is 0. The van der Waals surface area contributed by atoms with Crippen molar-refractivity contribution in [2.24, 2.45) is 0 Å². The van der Waals surface area contributed by atoms with Crippen molar-refractivity contribution in [2.45, 2.75) is 44.7 Å². The molecule has 0 unspecified atom stereocenters. The van der Waals surface area contributed by atoms with Gasteiger partial charge in [0, 0.05) is 0 Å². The molecular weight excluding hydrogens is 327 g/mol. The average molecular weight is 338 g/mol. The molecule has 9 heteroatoms. The van der Waals surface area contributed by atoms with Crippen molar-refractivity contribution in [1.82, 2.24) is 0 Å². The van der Waals surface area contributed by atoms with E-state index in [1.165, 1.54) is 0 Å². The van der Waals surface area contributed by atoms with Gasteiger partial charge in [0.25, 0.3) is 0 Å². The monoisotopic (exact) mass is 338 g/mol. The predicted molar refractivity (Wildman–Crippen MR) is 60.1 cm³/mol. The van der Waals surface area contributed by atoms with E-state index in [0.717, 1.165) is 20.8 Å². The predicted octanol–water partition coefficient (Wildman–Crippen LogP) is 6.04. The molecule has 126 valence electrons. The van der Waals surface area contributed by atoms with Gasteiger partial charge in [0.15, 0.2) is 0 Å². The van der Waals surface area contributed by atoms with Crippen molar-refractivity contribution in [3.05, 3.63) is 34.4 Å². The molecule has 0 aliphatic carbocycles. The van der Waals surface area contributed by atoms with Crippen molar-refractivity contribution >= 4 is 0 Å². The average Bonchev–Trinajstić information content (AvgIpc) is 2.22. The van der Waals surface area contributed by atoms with Crippen LogP contribution in [0.4, 0.5) is 39.5 Å². The highest BCUT2D eigenvalue weighted by molar-refractivity contribution is 5.47. The number of rotatable bonds is 0. The highest BCUT2D eigenvalue weighted by Crippen LogP contribution is 2.47. The molecular formula is C13H11F9. The maximum absolute atomic E-state index is 13.0. The first kappa shape index (κ1) is 18.6. The minimum atomic E-state index is -5.34. The SMILES string of the molecule is CC(C)(C)c1c(C(F)(F)F)cc(C(F)(F)F)cc1C(F)(F)F. The molecule has 0 aliphatic heterocycles. The molecule has 0 amide bonds. The van der Waals surface area contributed by atoms with Crippen molar-refractivity contribution < 1.29 is 39.5 Å². The number of hydrogen-bond donors (Lipinski definition) is 0. The smallest absolute Gasteiger partial charge is 0.166 e. The molecule has 22 heavy (non-hydrogen) atoms. The molecule has 0 aromatic heterocycles. The van der Waals surface area contributed by atoms with E-state index in [1.54, 1.807) is 0 Å². The van der Waals surface area contributed by atoms with Gasteiger partial charge in [-0.25, -0.2) is 0 Å². The first-order valence-corrected chi connectivity index (χ1v) is 5.86. The quantitative estimate of drug-likeness (QED) is 0.506. The maximum Gasteiger partial charge on any atom is 0.416 e. The van der Waals surface area contributed by atoms with E-state index >= 15 is 0 Å². The molecule has 0 N–H and O–H groups in total. The van der Waals surface area contributed by atoms with Gasteiger partial charge in [0.2, 0.25) is 0 Å². The van der Waals surface area contributed by atoms with Gasteiger partial charge in [-0.15, -0.1) is 0 Å². The summed E-state index contributed by atoms with van der Waals surface area (Å²) in [6.07, 6.45) is -16.0. The fraction of sp³-hybridized carbons (Fsp3) is 0.538. The number of benzene rings is 1. The van der Waals surface area contributed by atoms with Gasteiger partial charge >= 0.3 is 18.5 Å². The molecule has 1 aromatic carbocycles. The summed E-state index contributed by atoms with van der Waals surface area (Å²) >= 11 is 0. The Morgan fingerprint density at radius 2 is 0.909 bits per heavy atom. The van der Waals surface area contributed by atoms with Crippen LogP contribution < -0.4 is 0 Å². The fourth-order valence-corrected chi connectivity index (χ4v) is 2.06. The minimum absolute atomic E-state index is 0.282. The highest BCUT2D eigenvalue weighted by Gasteiger charge is 2.46. The van der Waals surface area contributed by atoms with Gasteiger partial charge in [0.1, 0.15) is 0 Å². The second-order valence-electron chi connectivity index (χ2n) is 5.69. The van der Waals surface area contributed by atoms with Crippen LogP contribution >= 0.6 is 0 Å². The van der Waals surface area contributed by atoms with Crippen LogP contribution in [0, 0.1) is 0 Å². The molecule has 0 radical (unpaired) electrons. The van der Waals surface area contributed by atoms with Crippen LogP contribution in [0.1, 0.15) is 43.0 Å². The fourth-order valence-electron chi connectivity index (χ4n) is 2.06. The van der Waals surface area contributed by atoms with E-state index in [2.05, 4.69) is 0 Å². The Balaban J connectivity index is 3.96. The van der Waals surface area contributed by atoms with Gasteiger partial charge in [0.05, 0.1) is 16.7 Å². The molecule has 0 spiro atoms. The van der Waals surface area contributed by atoms with Gasteiger partial charge in [-0.1, -0.05) is 20.8 Å². The number of alkyl halides is 9. The van der Waals surface area contributed by atoms with E-state index in [0.29, 0.717) is 0 Å². The largest absolute Gasteiger partial charge is 0.416 e. The lowest BCUT2D eigenvalue weighted by Crippen LogP contribution is -2.26. The summed E-state index contributed by atoms with van der Waals surface area (Å²) < 4.78 is 116. The van der Waals surface area contributed by atoms with E-state index in [1.807, 2.05) is 0 Å². The van der Waals surface area contributed by atoms with Gasteiger partial charge in [-0.3, -0.25) is 0 Å². The second kappa shape index (κ2) is 5.06. The summed E-state index contributed by atoms with van der Waals surface area (Å²) in [6.45, 7) is 3.21. The summed E-state index contributed by atoms with van der Waals surface area (Å²) in [6, 6.07) is -0.564. The Morgan fingerprint density at radius 3 is 1.09 bits per heavy atom. The first-order chi connectivity index (χ1) is 9.45. The number of halogens is 9. The topological polar surface area (TPSA) is 0 Å². The Kier molecular flexibility index (Phi) is 4.28. The number of hydrogen-bond acceptors (Lipinski definition) is 0. The third-order valence-corrected chi connectivity index (χ3v) is 2.83. The first-order valence-electron chi connectivity index (χ1n) is 5.86. The van der Waals surface area contributed by atoms with Crippen LogP contribution in [0.5, 0.6) is 0 Å². The van der Waals surface area contributed by atoms with Crippen LogP contribution in [0.15, 0.2) is 12.1 Å². The second-order valence-corrected chi connectivity index (χ2v) is 5.69. The van der Waals surface area contributed by atoms with Crippen LogP contribution in [0.2, 0.25) is 0 Å². The van der Waals surface area contributed by atoms with Crippen LogP contribution in [0.3, 0.4) is 0 Å². The van der Waals surface area contributed by atoms with Crippen molar-refractivity contribution in [3.63, 3.8) is 0 Å². The van der Waals surface area contributed by atoms with E-state index in [-0.39, 0.29) is 12.1 Å². The van der Waals surface area contributed by atoms with Gasteiger partial charge in [-0.2, -0.15) is 39.5 Å². The molecule has 0 nitrogen and oxygen atoms in total. The molecule has 1 aromatic rings. The lowest BCUT2D eigenvalue weighted by molar-refractivity contribution is -0.150. The molecule has 0 fully saturated rings. The summed E-state index contributed by atoms with van der Waals surface area (Å²) in [7, 11) is 0. The van der Waals surface area contributed by atoms with Crippen molar-refractivity contribution in [3.8, 4) is 0 Å². The van der Waals surface area contributed by atoms with E-state index < -0.39 is 46.2 Å². The van der Waals surface area contributed by atoms with E-state index in [9.17, 15) is 39.5 Å². The Labute approximate surface area is 119 Å². The summed E-state index contributed by atoms with van der Waals surface area (Å²) in [5.41, 5.74) is -8.70. The third kappa shape index (κ3) is 3.86.